The van der Waals surface area contributed by atoms with Crippen molar-refractivity contribution in [2.45, 2.75) is 19.8 Å². The van der Waals surface area contributed by atoms with E-state index in [9.17, 15) is 4.79 Å². The van der Waals surface area contributed by atoms with Crippen molar-refractivity contribution in [3.8, 4) is 0 Å². The lowest BCUT2D eigenvalue weighted by Gasteiger charge is -2.01. The topological polar surface area (TPSA) is 17.1 Å². The molecule has 0 bridgehead atoms. The maximum Gasteiger partial charge on any atom is 0.145 e. The second-order valence-electron chi connectivity index (χ2n) is 2.84. The van der Waals surface area contributed by atoms with E-state index in [1.54, 1.807) is 0 Å². The molecule has 0 aromatic carbocycles. The zero-order chi connectivity index (χ0) is 8.10. The second-order valence-corrected chi connectivity index (χ2v) is 3.99. The number of thioether (sulfide) groups is 1. The molecule has 0 radical (unpaired) electrons. The Morgan fingerprint density at radius 1 is 1.73 bits per heavy atom. The molecular weight excluding hydrogens is 156 g/mol. The molecule has 1 unspecified atom stereocenters. The zero-order valence-electron chi connectivity index (χ0n) is 6.88. The third-order valence-corrected chi connectivity index (χ3v) is 3.16. The first-order chi connectivity index (χ1) is 5.36. The highest BCUT2D eigenvalue weighted by atomic mass is 32.2. The molecule has 0 aromatic rings. The molecule has 0 aromatic heterocycles. The van der Waals surface area contributed by atoms with E-state index in [2.05, 4.69) is 6.08 Å². The number of allylic oxidation sites excluding steroid dienone is 2. The van der Waals surface area contributed by atoms with Gasteiger partial charge in [-0.1, -0.05) is 13.0 Å². The molecule has 2 heteroatoms. The summed E-state index contributed by atoms with van der Waals surface area (Å²) in [6.07, 6.45) is 5.27. The largest absolute Gasteiger partial charge is 0.298 e. The van der Waals surface area contributed by atoms with Gasteiger partial charge >= 0.3 is 0 Å². The lowest BCUT2D eigenvalue weighted by atomic mass is 10.0. The number of hydrogen-bond acceptors (Lipinski definition) is 2. The van der Waals surface area contributed by atoms with Crippen LogP contribution in [-0.2, 0) is 4.79 Å². The van der Waals surface area contributed by atoms with Gasteiger partial charge < -0.3 is 0 Å². The van der Waals surface area contributed by atoms with Crippen LogP contribution in [0.2, 0.25) is 0 Å². The summed E-state index contributed by atoms with van der Waals surface area (Å²) in [4.78, 5) is 10.4. The number of carbonyl (C=O) groups is 1. The molecule has 0 spiro atoms. The summed E-state index contributed by atoms with van der Waals surface area (Å²) in [6, 6.07) is 0. The molecule has 1 fully saturated rings. The Morgan fingerprint density at radius 2 is 2.55 bits per heavy atom. The molecule has 1 heterocycles. The lowest BCUT2D eigenvalue weighted by molar-refractivity contribution is -0.105. The van der Waals surface area contributed by atoms with Gasteiger partial charge in [0.2, 0.25) is 0 Å². The Kier molecular flexibility index (Phi) is 3.70. The summed E-state index contributed by atoms with van der Waals surface area (Å²) >= 11 is 1.98. The van der Waals surface area contributed by atoms with Gasteiger partial charge in [-0.25, -0.2) is 0 Å². The molecule has 0 amide bonds. The molecule has 1 aliphatic rings. The predicted molar refractivity (Wildman–Crippen MR) is 49.9 cm³/mol. The van der Waals surface area contributed by atoms with Gasteiger partial charge in [0.15, 0.2) is 0 Å². The highest BCUT2D eigenvalue weighted by Crippen LogP contribution is 2.25. The van der Waals surface area contributed by atoms with Gasteiger partial charge in [0.25, 0.3) is 0 Å². The van der Waals surface area contributed by atoms with Crippen molar-refractivity contribution >= 4 is 18.0 Å². The zero-order valence-corrected chi connectivity index (χ0v) is 7.69. The molecule has 1 saturated heterocycles. The Bertz CT molecular complexity index is 157. The monoisotopic (exact) mass is 170 g/mol. The van der Waals surface area contributed by atoms with Gasteiger partial charge in [0.05, 0.1) is 0 Å². The minimum Gasteiger partial charge on any atom is -0.298 e. The van der Waals surface area contributed by atoms with Crippen molar-refractivity contribution in [2.75, 3.05) is 11.5 Å². The van der Waals surface area contributed by atoms with E-state index in [-0.39, 0.29) is 0 Å². The molecule has 0 N–H and O–H groups in total. The van der Waals surface area contributed by atoms with Crippen LogP contribution < -0.4 is 0 Å². The molecule has 62 valence electrons. The highest BCUT2D eigenvalue weighted by molar-refractivity contribution is 7.99. The van der Waals surface area contributed by atoms with Crippen LogP contribution in [-0.4, -0.2) is 17.8 Å². The van der Waals surface area contributed by atoms with Gasteiger partial charge in [0, 0.05) is 0 Å². The van der Waals surface area contributed by atoms with Crippen molar-refractivity contribution in [3.63, 3.8) is 0 Å². The minimum atomic E-state index is 0.667. The molecular formula is C9H14OS. The summed E-state index contributed by atoms with van der Waals surface area (Å²) in [7, 11) is 0. The first kappa shape index (κ1) is 8.85. The first-order valence-corrected chi connectivity index (χ1v) is 5.26. The van der Waals surface area contributed by atoms with E-state index >= 15 is 0 Å². The summed E-state index contributed by atoms with van der Waals surface area (Å²) in [5, 5.41) is 0. The van der Waals surface area contributed by atoms with Crippen molar-refractivity contribution in [1.82, 2.24) is 0 Å². The average molecular weight is 170 g/mol. The standard InChI is InChI=1S/C9H14OS/c1-2-8(6-10)5-9-3-4-11-7-9/h5-6,9H,2-4,7H2,1H3. The first-order valence-electron chi connectivity index (χ1n) is 4.10. The molecule has 1 nitrogen and oxygen atoms in total. The molecule has 11 heavy (non-hydrogen) atoms. The predicted octanol–water partition coefficient (Wildman–Crippen LogP) is 2.27. The van der Waals surface area contributed by atoms with Crippen molar-refractivity contribution in [3.05, 3.63) is 11.6 Å². The SMILES string of the molecule is CCC(C=O)=CC1CCSC1. The van der Waals surface area contributed by atoms with E-state index in [0.717, 1.165) is 18.3 Å². The van der Waals surface area contributed by atoms with Crippen LogP contribution in [0.3, 0.4) is 0 Å². The molecule has 1 aliphatic heterocycles. The Balaban J connectivity index is 2.46. The normalized spacial score (nSPS) is 25.5. The summed E-state index contributed by atoms with van der Waals surface area (Å²) in [5.41, 5.74) is 0.970. The van der Waals surface area contributed by atoms with E-state index in [1.807, 2.05) is 18.7 Å². The lowest BCUT2D eigenvalue weighted by Crippen LogP contribution is -1.95. The van der Waals surface area contributed by atoms with Gasteiger partial charge in [-0.2, -0.15) is 11.8 Å². The smallest absolute Gasteiger partial charge is 0.145 e. The van der Waals surface area contributed by atoms with Crippen molar-refractivity contribution in [2.24, 2.45) is 5.92 Å². The van der Waals surface area contributed by atoms with E-state index in [0.29, 0.717) is 5.92 Å². The van der Waals surface area contributed by atoms with Gasteiger partial charge in [-0.3, -0.25) is 4.79 Å². The summed E-state index contributed by atoms with van der Waals surface area (Å²) in [6.45, 7) is 2.03. The molecule has 1 atom stereocenters. The van der Waals surface area contributed by atoms with E-state index in [1.165, 1.54) is 17.9 Å². The third-order valence-electron chi connectivity index (χ3n) is 1.97. The summed E-state index contributed by atoms with van der Waals surface area (Å²) in [5.74, 6) is 3.13. The number of aldehydes is 1. The van der Waals surface area contributed by atoms with E-state index in [4.69, 9.17) is 0 Å². The third kappa shape index (κ3) is 2.70. The second kappa shape index (κ2) is 4.60. The Hall–Kier alpha value is -0.240. The van der Waals surface area contributed by atoms with Crippen LogP contribution in [0.5, 0.6) is 0 Å². The number of carbonyl (C=O) groups excluding carboxylic acids is 1. The fourth-order valence-electron chi connectivity index (χ4n) is 1.23. The van der Waals surface area contributed by atoms with Crippen LogP contribution in [0.4, 0.5) is 0 Å². The van der Waals surface area contributed by atoms with Crippen LogP contribution in [0.1, 0.15) is 19.8 Å². The van der Waals surface area contributed by atoms with Gasteiger partial charge in [-0.05, 0) is 35.8 Å². The Morgan fingerprint density at radius 3 is 3.00 bits per heavy atom. The average Bonchev–Trinajstić information content (AvgIpc) is 2.52. The van der Waals surface area contributed by atoms with E-state index < -0.39 is 0 Å². The van der Waals surface area contributed by atoms with Crippen LogP contribution in [0, 0.1) is 5.92 Å². The van der Waals surface area contributed by atoms with Crippen molar-refractivity contribution in [1.29, 1.82) is 0 Å². The van der Waals surface area contributed by atoms with Crippen LogP contribution in [0.15, 0.2) is 11.6 Å². The van der Waals surface area contributed by atoms with Crippen molar-refractivity contribution < 1.29 is 4.79 Å². The maximum atomic E-state index is 10.4. The quantitative estimate of drug-likeness (QED) is 0.477. The Labute approximate surface area is 72.2 Å². The fourth-order valence-corrected chi connectivity index (χ4v) is 2.43. The van der Waals surface area contributed by atoms with Crippen LogP contribution in [0.25, 0.3) is 0 Å². The number of hydrogen-bond donors (Lipinski definition) is 0. The van der Waals surface area contributed by atoms with Gasteiger partial charge in [0.1, 0.15) is 6.29 Å². The van der Waals surface area contributed by atoms with Gasteiger partial charge in [-0.15, -0.1) is 0 Å². The minimum absolute atomic E-state index is 0.667. The number of rotatable bonds is 3. The molecule has 0 saturated carbocycles. The fraction of sp³-hybridized carbons (Fsp3) is 0.667. The maximum absolute atomic E-state index is 10.4. The summed E-state index contributed by atoms with van der Waals surface area (Å²) < 4.78 is 0. The van der Waals surface area contributed by atoms with Crippen LogP contribution >= 0.6 is 11.8 Å². The molecule has 0 aliphatic carbocycles. The molecule has 1 rings (SSSR count). The highest BCUT2D eigenvalue weighted by Gasteiger charge is 2.12.